The summed E-state index contributed by atoms with van der Waals surface area (Å²) < 4.78 is 1.13. The normalized spacial score (nSPS) is 12.7. The van der Waals surface area contributed by atoms with E-state index in [1.54, 1.807) is 0 Å². The Morgan fingerprint density at radius 1 is 0.800 bits per heavy atom. The van der Waals surface area contributed by atoms with Crippen LogP contribution in [0.15, 0.2) is 53.0 Å². The summed E-state index contributed by atoms with van der Waals surface area (Å²) in [5.74, 6) is 0.711. The van der Waals surface area contributed by atoms with Crippen molar-refractivity contribution >= 4 is 31.9 Å². The highest BCUT2D eigenvalue weighted by molar-refractivity contribution is 9.10. The predicted octanol–water partition coefficient (Wildman–Crippen LogP) is 6.33. The van der Waals surface area contributed by atoms with Crippen molar-refractivity contribution in [2.45, 2.75) is 31.5 Å². The van der Waals surface area contributed by atoms with Crippen molar-refractivity contribution in [2.75, 3.05) is 0 Å². The minimum Gasteiger partial charge on any atom is -0.0835 e. The average Bonchev–Trinajstić information content (AvgIpc) is 2.41. The van der Waals surface area contributed by atoms with E-state index >= 15 is 0 Å². The molecule has 106 valence electrons. The molecule has 2 aromatic carbocycles. The van der Waals surface area contributed by atoms with Crippen molar-refractivity contribution in [1.82, 2.24) is 0 Å². The molecule has 0 aliphatic carbocycles. The van der Waals surface area contributed by atoms with Crippen molar-refractivity contribution in [1.29, 1.82) is 0 Å². The topological polar surface area (TPSA) is 0 Å². The van der Waals surface area contributed by atoms with Crippen LogP contribution in [-0.4, -0.2) is 0 Å². The molecule has 2 heteroatoms. The number of benzene rings is 2. The van der Waals surface area contributed by atoms with E-state index in [1.807, 2.05) is 0 Å². The van der Waals surface area contributed by atoms with Gasteiger partial charge in [-0.25, -0.2) is 0 Å². The maximum atomic E-state index is 3.80. The van der Waals surface area contributed by atoms with E-state index in [2.05, 4.69) is 94.2 Å². The van der Waals surface area contributed by atoms with Crippen molar-refractivity contribution in [3.05, 3.63) is 69.7 Å². The fourth-order valence-corrected chi connectivity index (χ4v) is 3.22. The highest BCUT2D eigenvalue weighted by Crippen LogP contribution is 2.28. The van der Waals surface area contributed by atoms with Crippen LogP contribution in [0.2, 0.25) is 0 Å². The number of hydrogen-bond donors (Lipinski definition) is 0. The van der Waals surface area contributed by atoms with Crippen LogP contribution >= 0.6 is 31.9 Å². The molecular formula is C18H20Br2. The first-order valence-corrected chi connectivity index (χ1v) is 8.73. The lowest BCUT2D eigenvalue weighted by Gasteiger charge is -2.12. The van der Waals surface area contributed by atoms with Gasteiger partial charge in [0, 0.05) is 9.30 Å². The Morgan fingerprint density at radius 3 is 1.85 bits per heavy atom. The van der Waals surface area contributed by atoms with Gasteiger partial charge in [-0.3, -0.25) is 0 Å². The molecule has 0 fully saturated rings. The molecule has 1 atom stereocenters. The average molecular weight is 396 g/mol. The molecule has 2 aromatic rings. The first-order valence-electron chi connectivity index (χ1n) is 7.02. The summed E-state index contributed by atoms with van der Waals surface area (Å²) in [5, 5.41) is 0. The lowest BCUT2D eigenvalue weighted by atomic mass is 9.99. The second-order valence-electron chi connectivity index (χ2n) is 5.64. The van der Waals surface area contributed by atoms with Gasteiger partial charge >= 0.3 is 0 Å². The van der Waals surface area contributed by atoms with E-state index < -0.39 is 0 Å². The summed E-state index contributed by atoms with van der Waals surface area (Å²) in [6, 6.07) is 17.5. The number of halogens is 2. The molecule has 0 heterocycles. The Hall–Kier alpha value is -0.600. The van der Waals surface area contributed by atoms with Crippen molar-refractivity contribution in [2.24, 2.45) is 5.92 Å². The third kappa shape index (κ3) is 4.75. The molecule has 0 aromatic heterocycles. The third-order valence-corrected chi connectivity index (χ3v) is 4.69. The Morgan fingerprint density at radius 2 is 1.30 bits per heavy atom. The molecule has 0 aliphatic heterocycles. The quantitative estimate of drug-likeness (QED) is 0.519. The summed E-state index contributed by atoms with van der Waals surface area (Å²) in [6.45, 7) is 4.52. The molecule has 0 bridgehead atoms. The van der Waals surface area contributed by atoms with E-state index in [0.717, 1.165) is 17.3 Å². The predicted molar refractivity (Wildman–Crippen MR) is 94.5 cm³/mol. The van der Waals surface area contributed by atoms with Crippen LogP contribution in [0, 0.1) is 5.92 Å². The summed E-state index contributed by atoms with van der Waals surface area (Å²) in [6.07, 6.45) is 2.16. The fraction of sp³-hybridized carbons (Fsp3) is 0.333. The molecule has 0 spiro atoms. The molecule has 0 saturated carbocycles. The van der Waals surface area contributed by atoms with Crippen LogP contribution in [-0.2, 0) is 12.8 Å². The summed E-state index contributed by atoms with van der Waals surface area (Å²) >= 11 is 7.28. The van der Waals surface area contributed by atoms with Gasteiger partial charge in [-0.15, -0.1) is 0 Å². The Balaban J connectivity index is 2.01. The standard InChI is InChI=1S/C18H20Br2/c1-13(2)11-14-3-7-16(8-4-14)18(20)12-15-5-9-17(19)10-6-15/h3-10,13,18H,11-12H2,1-2H3. The summed E-state index contributed by atoms with van der Waals surface area (Å²) in [4.78, 5) is 0.372. The second-order valence-corrected chi connectivity index (χ2v) is 7.66. The molecule has 0 nitrogen and oxygen atoms in total. The number of alkyl halides is 1. The first-order chi connectivity index (χ1) is 9.54. The van der Waals surface area contributed by atoms with Gasteiger partial charge in [-0.1, -0.05) is 82.1 Å². The van der Waals surface area contributed by atoms with Crippen LogP contribution in [0.4, 0.5) is 0 Å². The molecule has 0 aliphatic rings. The zero-order chi connectivity index (χ0) is 14.5. The molecule has 0 saturated heterocycles. The van der Waals surface area contributed by atoms with Crippen molar-refractivity contribution < 1.29 is 0 Å². The van der Waals surface area contributed by atoms with E-state index in [9.17, 15) is 0 Å². The molecule has 2 rings (SSSR count). The summed E-state index contributed by atoms with van der Waals surface area (Å²) in [7, 11) is 0. The number of rotatable bonds is 5. The largest absolute Gasteiger partial charge is 0.0835 e. The van der Waals surface area contributed by atoms with Gasteiger partial charge in [0.1, 0.15) is 0 Å². The maximum Gasteiger partial charge on any atom is 0.0435 e. The SMILES string of the molecule is CC(C)Cc1ccc(C(Br)Cc2ccc(Br)cc2)cc1. The van der Waals surface area contributed by atoms with E-state index in [0.29, 0.717) is 10.7 Å². The molecule has 20 heavy (non-hydrogen) atoms. The smallest absolute Gasteiger partial charge is 0.0435 e. The molecule has 0 radical (unpaired) electrons. The Labute approximate surface area is 138 Å². The number of hydrogen-bond acceptors (Lipinski definition) is 0. The monoisotopic (exact) mass is 394 g/mol. The Kier molecular flexibility index (Phi) is 5.86. The van der Waals surface area contributed by atoms with Gasteiger partial charge in [0.15, 0.2) is 0 Å². The van der Waals surface area contributed by atoms with Gasteiger partial charge in [0.05, 0.1) is 0 Å². The van der Waals surface area contributed by atoms with Gasteiger partial charge in [0.2, 0.25) is 0 Å². The van der Waals surface area contributed by atoms with E-state index in [1.165, 1.54) is 16.7 Å². The zero-order valence-electron chi connectivity index (χ0n) is 11.9. The highest BCUT2D eigenvalue weighted by Gasteiger charge is 2.09. The summed E-state index contributed by atoms with van der Waals surface area (Å²) in [5.41, 5.74) is 4.12. The molecule has 0 amide bonds. The lowest BCUT2D eigenvalue weighted by molar-refractivity contribution is 0.647. The van der Waals surface area contributed by atoms with Crippen LogP contribution in [0.3, 0.4) is 0 Å². The lowest BCUT2D eigenvalue weighted by Crippen LogP contribution is -1.97. The fourth-order valence-electron chi connectivity index (χ4n) is 2.28. The van der Waals surface area contributed by atoms with E-state index in [4.69, 9.17) is 0 Å². The van der Waals surface area contributed by atoms with Crippen LogP contribution in [0.5, 0.6) is 0 Å². The molecule has 1 unspecified atom stereocenters. The maximum absolute atomic E-state index is 3.80. The van der Waals surface area contributed by atoms with Gasteiger partial charge in [-0.05, 0) is 47.6 Å². The van der Waals surface area contributed by atoms with Gasteiger partial charge in [0.25, 0.3) is 0 Å². The molecular weight excluding hydrogens is 376 g/mol. The molecule has 0 N–H and O–H groups in total. The zero-order valence-corrected chi connectivity index (χ0v) is 15.1. The van der Waals surface area contributed by atoms with Crippen molar-refractivity contribution in [3.63, 3.8) is 0 Å². The van der Waals surface area contributed by atoms with Gasteiger partial charge in [-0.2, -0.15) is 0 Å². The van der Waals surface area contributed by atoms with Crippen LogP contribution in [0.1, 0.15) is 35.4 Å². The highest BCUT2D eigenvalue weighted by atomic mass is 79.9. The third-order valence-electron chi connectivity index (χ3n) is 3.31. The van der Waals surface area contributed by atoms with Crippen molar-refractivity contribution in [3.8, 4) is 0 Å². The van der Waals surface area contributed by atoms with Crippen LogP contribution in [0.25, 0.3) is 0 Å². The Bertz CT molecular complexity index is 526. The first kappa shape index (κ1) is 15.8. The van der Waals surface area contributed by atoms with E-state index in [-0.39, 0.29) is 0 Å². The van der Waals surface area contributed by atoms with Gasteiger partial charge < -0.3 is 0 Å². The minimum absolute atomic E-state index is 0.372. The van der Waals surface area contributed by atoms with Crippen LogP contribution < -0.4 is 0 Å². The minimum atomic E-state index is 0.372. The second kappa shape index (κ2) is 7.42.